The van der Waals surface area contributed by atoms with E-state index in [4.69, 9.17) is 0 Å². The number of benzene rings is 1. The van der Waals surface area contributed by atoms with Gasteiger partial charge in [-0.25, -0.2) is 0 Å². The molecule has 4 nitrogen and oxygen atoms in total. The SMILES string of the molecule is CC(C)(C=O)[C@]1(O)C(=O)Nc2ccccc21. The first kappa shape index (κ1) is 10.8. The number of rotatable bonds is 2. The van der Waals surface area contributed by atoms with Gasteiger partial charge in [-0.2, -0.15) is 0 Å². The molecule has 0 radical (unpaired) electrons. The second-order valence-electron chi connectivity index (χ2n) is 4.55. The number of nitrogens with one attached hydrogen (secondary N) is 1. The van der Waals surface area contributed by atoms with Gasteiger partial charge in [0.15, 0.2) is 5.60 Å². The lowest BCUT2D eigenvalue weighted by atomic mass is 9.72. The van der Waals surface area contributed by atoms with Crippen molar-refractivity contribution in [1.29, 1.82) is 0 Å². The normalized spacial score (nSPS) is 23.8. The quantitative estimate of drug-likeness (QED) is 0.731. The fourth-order valence-electron chi connectivity index (χ4n) is 1.97. The van der Waals surface area contributed by atoms with Crippen molar-refractivity contribution in [2.24, 2.45) is 5.41 Å². The number of aliphatic hydroxyl groups is 1. The molecule has 0 saturated carbocycles. The molecule has 1 aromatic rings. The summed E-state index contributed by atoms with van der Waals surface area (Å²) in [6, 6.07) is 6.84. The van der Waals surface area contributed by atoms with Crippen molar-refractivity contribution < 1.29 is 14.7 Å². The number of anilines is 1. The van der Waals surface area contributed by atoms with E-state index in [0.717, 1.165) is 0 Å². The average molecular weight is 219 g/mol. The van der Waals surface area contributed by atoms with Crippen LogP contribution in [0.2, 0.25) is 0 Å². The third-order valence-corrected chi connectivity index (χ3v) is 3.12. The molecule has 0 aliphatic carbocycles. The van der Waals surface area contributed by atoms with Gasteiger partial charge in [-0.1, -0.05) is 18.2 Å². The molecule has 1 aliphatic heterocycles. The molecule has 16 heavy (non-hydrogen) atoms. The Balaban J connectivity index is 2.66. The van der Waals surface area contributed by atoms with E-state index < -0.39 is 16.9 Å². The molecular formula is C12H13NO3. The minimum absolute atomic E-state index is 0.456. The van der Waals surface area contributed by atoms with Crippen molar-refractivity contribution in [3.8, 4) is 0 Å². The molecule has 1 atom stereocenters. The molecule has 1 aliphatic rings. The molecule has 0 fully saturated rings. The monoisotopic (exact) mass is 219 g/mol. The zero-order valence-electron chi connectivity index (χ0n) is 9.15. The number of hydrogen-bond donors (Lipinski definition) is 2. The smallest absolute Gasteiger partial charge is 0.262 e. The summed E-state index contributed by atoms with van der Waals surface area (Å²) in [5.41, 5.74) is -1.93. The Morgan fingerprint density at radius 1 is 1.38 bits per heavy atom. The van der Waals surface area contributed by atoms with Crippen LogP contribution in [0.4, 0.5) is 5.69 Å². The molecule has 1 heterocycles. The summed E-state index contributed by atoms with van der Waals surface area (Å²) in [7, 11) is 0. The van der Waals surface area contributed by atoms with Crippen LogP contribution in [0.25, 0.3) is 0 Å². The van der Waals surface area contributed by atoms with E-state index in [2.05, 4.69) is 5.32 Å². The van der Waals surface area contributed by atoms with Crippen LogP contribution in [-0.2, 0) is 15.2 Å². The molecule has 2 N–H and O–H groups in total. The topological polar surface area (TPSA) is 66.4 Å². The maximum absolute atomic E-state index is 11.8. The summed E-state index contributed by atoms with van der Waals surface area (Å²) in [6.45, 7) is 3.09. The Morgan fingerprint density at radius 2 is 2.00 bits per heavy atom. The number of para-hydroxylation sites is 1. The lowest BCUT2D eigenvalue weighted by Crippen LogP contribution is -2.48. The Hall–Kier alpha value is -1.68. The third kappa shape index (κ3) is 1.13. The average Bonchev–Trinajstić information content (AvgIpc) is 2.53. The minimum Gasteiger partial charge on any atom is -0.374 e. The van der Waals surface area contributed by atoms with Gasteiger partial charge in [0, 0.05) is 11.3 Å². The van der Waals surface area contributed by atoms with E-state index in [1.165, 1.54) is 0 Å². The highest BCUT2D eigenvalue weighted by molar-refractivity contribution is 6.07. The van der Waals surface area contributed by atoms with Crippen molar-refractivity contribution in [1.82, 2.24) is 0 Å². The van der Waals surface area contributed by atoms with Crippen LogP contribution in [0.1, 0.15) is 19.4 Å². The predicted octanol–water partition coefficient (Wildman–Crippen LogP) is 1.05. The maximum atomic E-state index is 11.8. The largest absolute Gasteiger partial charge is 0.374 e. The van der Waals surface area contributed by atoms with Crippen molar-refractivity contribution in [3.05, 3.63) is 29.8 Å². The van der Waals surface area contributed by atoms with Gasteiger partial charge < -0.3 is 15.2 Å². The Labute approximate surface area is 93.3 Å². The Bertz CT molecular complexity index is 467. The van der Waals surface area contributed by atoms with Gasteiger partial charge in [0.05, 0.1) is 5.41 Å². The van der Waals surface area contributed by atoms with Crippen LogP contribution in [0.3, 0.4) is 0 Å². The van der Waals surface area contributed by atoms with Crippen molar-refractivity contribution >= 4 is 17.9 Å². The molecule has 0 unspecified atom stereocenters. The van der Waals surface area contributed by atoms with E-state index in [-0.39, 0.29) is 0 Å². The van der Waals surface area contributed by atoms with Crippen molar-refractivity contribution in [3.63, 3.8) is 0 Å². The molecular weight excluding hydrogens is 206 g/mol. The van der Waals surface area contributed by atoms with Crippen molar-refractivity contribution in [2.45, 2.75) is 19.4 Å². The van der Waals surface area contributed by atoms with Crippen LogP contribution in [0.15, 0.2) is 24.3 Å². The van der Waals surface area contributed by atoms with Gasteiger partial charge in [-0.05, 0) is 19.9 Å². The highest BCUT2D eigenvalue weighted by atomic mass is 16.3. The fraction of sp³-hybridized carbons (Fsp3) is 0.333. The zero-order chi connectivity index (χ0) is 12.0. The van der Waals surface area contributed by atoms with E-state index in [0.29, 0.717) is 17.5 Å². The second kappa shape index (κ2) is 3.15. The summed E-state index contributed by atoms with van der Waals surface area (Å²) in [6.07, 6.45) is 0.606. The van der Waals surface area contributed by atoms with Gasteiger partial charge >= 0.3 is 0 Å². The molecule has 0 bridgehead atoms. The Kier molecular flexibility index (Phi) is 2.13. The molecule has 1 amide bonds. The molecule has 2 rings (SSSR count). The van der Waals surface area contributed by atoms with E-state index >= 15 is 0 Å². The number of aldehydes is 1. The van der Waals surface area contributed by atoms with Gasteiger partial charge in [0.1, 0.15) is 6.29 Å². The van der Waals surface area contributed by atoms with Gasteiger partial charge in [-0.3, -0.25) is 4.79 Å². The van der Waals surface area contributed by atoms with Crippen LogP contribution in [0.5, 0.6) is 0 Å². The van der Waals surface area contributed by atoms with Crippen LogP contribution in [-0.4, -0.2) is 17.3 Å². The Morgan fingerprint density at radius 3 is 2.62 bits per heavy atom. The lowest BCUT2D eigenvalue weighted by Gasteiger charge is -2.33. The van der Waals surface area contributed by atoms with E-state index in [9.17, 15) is 14.7 Å². The van der Waals surface area contributed by atoms with Crippen LogP contribution < -0.4 is 5.32 Å². The predicted molar refractivity (Wildman–Crippen MR) is 58.8 cm³/mol. The number of fused-ring (bicyclic) bond motifs is 1. The summed E-state index contributed by atoms with van der Waals surface area (Å²) >= 11 is 0. The third-order valence-electron chi connectivity index (χ3n) is 3.12. The van der Waals surface area contributed by atoms with E-state index in [1.54, 1.807) is 38.1 Å². The second-order valence-corrected chi connectivity index (χ2v) is 4.55. The summed E-state index contributed by atoms with van der Waals surface area (Å²) in [4.78, 5) is 22.9. The molecule has 0 aromatic heterocycles. The van der Waals surface area contributed by atoms with Crippen LogP contribution in [0, 0.1) is 5.41 Å². The first-order chi connectivity index (χ1) is 7.43. The van der Waals surface area contributed by atoms with E-state index in [1.807, 2.05) is 0 Å². The molecule has 0 spiro atoms. The van der Waals surface area contributed by atoms with Gasteiger partial charge in [0.2, 0.25) is 0 Å². The minimum atomic E-state index is -1.79. The van der Waals surface area contributed by atoms with Gasteiger partial charge in [-0.15, -0.1) is 0 Å². The first-order valence-corrected chi connectivity index (χ1v) is 5.03. The molecule has 84 valence electrons. The number of carbonyl (C=O) groups excluding carboxylic acids is 2. The summed E-state index contributed by atoms with van der Waals surface area (Å²) < 4.78 is 0. The summed E-state index contributed by atoms with van der Waals surface area (Å²) in [5, 5.41) is 13.1. The number of carbonyl (C=O) groups is 2. The molecule has 0 saturated heterocycles. The van der Waals surface area contributed by atoms with Crippen LogP contribution >= 0.6 is 0 Å². The molecule has 1 aromatic carbocycles. The molecule has 4 heteroatoms. The number of amides is 1. The highest BCUT2D eigenvalue weighted by Gasteiger charge is 2.55. The fourth-order valence-corrected chi connectivity index (χ4v) is 1.97. The highest BCUT2D eigenvalue weighted by Crippen LogP contribution is 2.46. The number of hydrogen-bond acceptors (Lipinski definition) is 3. The first-order valence-electron chi connectivity index (χ1n) is 5.03. The lowest BCUT2D eigenvalue weighted by molar-refractivity contribution is -0.152. The zero-order valence-corrected chi connectivity index (χ0v) is 9.15. The maximum Gasteiger partial charge on any atom is 0.262 e. The van der Waals surface area contributed by atoms with Gasteiger partial charge in [0.25, 0.3) is 5.91 Å². The standard InChI is InChI=1S/C12H13NO3/c1-11(2,7-14)12(16)8-5-3-4-6-9(8)13-10(12)15/h3-7,16H,1-2H3,(H,13,15)/t12-/m1/s1. The summed E-state index contributed by atoms with van der Waals surface area (Å²) in [5.74, 6) is -0.550. The van der Waals surface area contributed by atoms with Crippen molar-refractivity contribution in [2.75, 3.05) is 5.32 Å².